The minimum atomic E-state index is 0.480. The molecule has 4 unspecified atom stereocenters. The lowest BCUT2D eigenvalue weighted by atomic mass is 9.75. The van der Waals surface area contributed by atoms with Gasteiger partial charge >= 0.3 is 0 Å². The van der Waals surface area contributed by atoms with Crippen molar-refractivity contribution in [1.82, 2.24) is 0 Å². The van der Waals surface area contributed by atoms with E-state index in [9.17, 15) is 0 Å². The third-order valence-electron chi connectivity index (χ3n) is 7.68. The molecule has 1 heteroatoms. The van der Waals surface area contributed by atoms with E-state index in [2.05, 4.69) is 41.5 Å². The molecule has 0 aromatic rings. The van der Waals surface area contributed by atoms with Gasteiger partial charge in [-0.05, 0) is 61.2 Å². The minimum absolute atomic E-state index is 0.480. The summed E-state index contributed by atoms with van der Waals surface area (Å²) >= 11 is 0. The largest absolute Gasteiger partial charge is 0.374 e. The highest BCUT2D eigenvalue weighted by atomic mass is 16.5. The second kappa shape index (κ2) is 10.3. The average molecular weight is 351 g/mol. The second-order valence-corrected chi connectivity index (χ2v) is 10.1. The number of rotatable bonds is 8. The quantitative estimate of drug-likeness (QED) is 0.440. The normalized spacial score (nSPS) is 25.9. The van der Waals surface area contributed by atoms with E-state index in [0.29, 0.717) is 35.9 Å². The molecule has 0 aliphatic heterocycles. The van der Waals surface area contributed by atoms with E-state index in [1.165, 1.54) is 64.2 Å². The van der Waals surface area contributed by atoms with E-state index in [1.807, 2.05) is 0 Å². The molecule has 0 heterocycles. The lowest BCUT2D eigenvalue weighted by Gasteiger charge is -2.43. The molecule has 2 aliphatic carbocycles. The molecule has 0 saturated heterocycles. The Morgan fingerprint density at radius 2 is 0.840 bits per heavy atom. The van der Waals surface area contributed by atoms with Crippen molar-refractivity contribution in [1.29, 1.82) is 0 Å². The Morgan fingerprint density at radius 1 is 0.520 bits per heavy atom. The smallest absolute Gasteiger partial charge is 0.0635 e. The van der Waals surface area contributed by atoms with Crippen molar-refractivity contribution in [2.45, 2.75) is 118 Å². The maximum Gasteiger partial charge on any atom is 0.0635 e. The molecule has 0 aromatic carbocycles. The maximum atomic E-state index is 7.18. The van der Waals surface area contributed by atoms with E-state index in [1.54, 1.807) is 0 Å². The Labute approximate surface area is 158 Å². The molecule has 4 atom stereocenters. The fraction of sp³-hybridized carbons (Fsp3) is 1.00. The van der Waals surface area contributed by atoms with Gasteiger partial charge in [-0.3, -0.25) is 0 Å². The van der Waals surface area contributed by atoms with E-state index < -0.39 is 0 Å². The van der Waals surface area contributed by atoms with Crippen molar-refractivity contribution >= 4 is 0 Å². The molecule has 25 heavy (non-hydrogen) atoms. The number of ether oxygens (including phenoxy) is 1. The molecule has 148 valence electrons. The van der Waals surface area contributed by atoms with Crippen molar-refractivity contribution in [3.05, 3.63) is 0 Å². The van der Waals surface area contributed by atoms with Gasteiger partial charge in [0, 0.05) is 0 Å². The van der Waals surface area contributed by atoms with Crippen LogP contribution in [0.5, 0.6) is 0 Å². The van der Waals surface area contributed by atoms with Crippen molar-refractivity contribution in [3.63, 3.8) is 0 Å². The van der Waals surface area contributed by atoms with E-state index in [0.717, 1.165) is 11.8 Å². The number of hydrogen-bond acceptors (Lipinski definition) is 1. The molecule has 0 radical (unpaired) electrons. The molecule has 1 nitrogen and oxygen atoms in total. The van der Waals surface area contributed by atoms with Gasteiger partial charge in [0.2, 0.25) is 0 Å². The van der Waals surface area contributed by atoms with Crippen LogP contribution >= 0.6 is 0 Å². The summed E-state index contributed by atoms with van der Waals surface area (Å²) in [7, 11) is 0. The van der Waals surface area contributed by atoms with Crippen LogP contribution in [-0.4, -0.2) is 12.2 Å². The minimum Gasteiger partial charge on any atom is -0.374 e. The zero-order chi connectivity index (χ0) is 18.4. The van der Waals surface area contributed by atoms with Crippen molar-refractivity contribution in [2.24, 2.45) is 35.5 Å². The number of hydrogen-bond donors (Lipinski definition) is 0. The highest BCUT2D eigenvalue weighted by Crippen LogP contribution is 2.40. The van der Waals surface area contributed by atoms with Gasteiger partial charge in [0.25, 0.3) is 0 Å². The molecule has 2 rings (SSSR count). The standard InChI is InChI=1S/C24H46O/c1-17(2)19(5)23(21-13-9-7-10-14-21)25-24(20(6)18(3)4)22-15-11-8-12-16-22/h17-24H,7-16H2,1-6H3. The molecule has 0 aromatic heterocycles. The summed E-state index contributed by atoms with van der Waals surface area (Å²) in [5.41, 5.74) is 0. The molecule has 2 aliphatic rings. The zero-order valence-electron chi connectivity index (χ0n) is 18.1. The van der Waals surface area contributed by atoms with Crippen LogP contribution in [0.1, 0.15) is 106 Å². The lowest BCUT2D eigenvalue weighted by molar-refractivity contribution is -0.134. The fourth-order valence-corrected chi connectivity index (χ4v) is 5.19. The molecule has 2 saturated carbocycles. The van der Waals surface area contributed by atoms with Crippen molar-refractivity contribution in [2.75, 3.05) is 0 Å². The average Bonchev–Trinajstić information content (AvgIpc) is 2.63. The van der Waals surface area contributed by atoms with Crippen LogP contribution in [0.3, 0.4) is 0 Å². The molecule has 0 spiro atoms. The van der Waals surface area contributed by atoms with Crippen molar-refractivity contribution < 1.29 is 4.74 Å². The van der Waals surface area contributed by atoms with E-state index >= 15 is 0 Å². The SMILES string of the molecule is CC(C)C(C)C(OC(C1CCCCC1)C(C)C(C)C)C1CCCCC1. The topological polar surface area (TPSA) is 9.23 Å². The summed E-state index contributed by atoms with van der Waals surface area (Å²) < 4.78 is 7.18. The highest BCUT2D eigenvalue weighted by molar-refractivity contribution is 4.86. The summed E-state index contributed by atoms with van der Waals surface area (Å²) in [4.78, 5) is 0. The Bertz CT molecular complexity index is 315. The lowest BCUT2D eigenvalue weighted by Crippen LogP contribution is -2.43. The van der Waals surface area contributed by atoms with Crippen LogP contribution in [0, 0.1) is 35.5 Å². The molecule has 0 N–H and O–H groups in total. The van der Waals surface area contributed by atoms with Crippen LogP contribution in [0.4, 0.5) is 0 Å². The summed E-state index contributed by atoms with van der Waals surface area (Å²) in [5.74, 6) is 4.39. The van der Waals surface area contributed by atoms with Gasteiger partial charge in [0.05, 0.1) is 12.2 Å². The van der Waals surface area contributed by atoms with Crippen LogP contribution in [0.15, 0.2) is 0 Å². The van der Waals surface area contributed by atoms with Gasteiger partial charge < -0.3 is 4.74 Å². The summed E-state index contributed by atoms with van der Waals surface area (Å²) in [6, 6.07) is 0. The summed E-state index contributed by atoms with van der Waals surface area (Å²) in [6.07, 6.45) is 15.1. The fourth-order valence-electron chi connectivity index (χ4n) is 5.19. The first kappa shape index (κ1) is 21.3. The van der Waals surface area contributed by atoms with Crippen LogP contribution < -0.4 is 0 Å². The van der Waals surface area contributed by atoms with Gasteiger partial charge in [-0.2, -0.15) is 0 Å². The predicted molar refractivity (Wildman–Crippen MR) is 110 cm³/mol. The predicted octanol–water partition coefficient (Wildman–Crippen LogP) is 7.49. The second-order valence-electron chi connectivity index (χ2n) is 10.1. The van der Waals surface area contributed by atoms with Gasteiger partial charge in [-0.15, -0.1) is 0 Å². The van der Waals surface area contributed by atoms with Gasteiger partial charge in [-0.25, -0.2) is 0 Å². The molecule has 0 bridgehead atoms. The summed E-state index contributed by atoms with van der Waals surface area (Å²) in [6.45, 7) is 14.5. The highest BCUT2D eigenvalue weighted by Gasteiger charge is 2.37. The van der Waals surface area contributed by atoms with Gasteiger partial charge in [0.1, 0.15) is 0 Å². The van der Waals surface area contributed by atoms with E-state index in [4.69, 9.17) is 4.74 Å². The zero-order valence-corrected chi connectivity index (χ0v) is 18.1. The van der Waals surface area contributed by atoms with Crippen LogP contribution in [-0.2, 0) is 4.74 Å². The third kappa shape index (κ3) is 5.98. The van der Waals surface area contributed by atoms with Gasteiger partial charge in [0.15, 0.2) is 0 Å². The van der Waals surface area contributed by atoms with E-state index in [-0.39, 0.29) is 0 Å². The molecular weight excluding hydrogens is 304 g/mol. The first-order valence-corrected chi connectivity index (χ1v) is 11.6. The third-order valence-corrected chi connectivity index (χ3v) is 7.68. The van der Waals surface area contributed by atoms with Crippen LogP contribution in [0.2, 0.25) is 0 Å². The Balaban J connectivity index is 2.16. The van der Waals surface area contributed by atoms with Gasteiger partial charge in [-0.1, -0.05) is 80.1 Å². The monoisotopic (exact) mass is 350 g/mol. The molecular formula is C24H46O. The Kier molecular flexibility index (Phi) is 8.79. The first-order chi connectivity index (χ1) is 11.9. The maximum absolute atomic E-state index is 7.18. The molecule has 0 amide bonds. The summed E-state index contributed by atoms with van der Waals surface area (Å²) in [5, 5.41) is 0. The van der Waals surface area contributed by atoms with Crippen LogP contribution in [0.25, 0.3) is 0 Å². The first-order valence-electron chi connectivity index (χ1n) is 11.6. The molecule has 2 fully saturated rings. The Hall–Kier alpha value is -0.0400. The Morgan fingerprint density at radius 3 is 1.12 bits per heavy atom. The van der Waals surface area contributed by atoms with Crippen molar-refractivity contribution in [3.8, 4) is 0 Å².